The first kappa shape index (κ1) is 98.4. The number of alkyl halides is 2. The summed E-state index contributed by atoms with van der Waals surface area (Å²) in [6, 6.07) is 13.7. The van der Waals surface area contributed by atoms with Gasteiger partial charge in [0.1, 0.15) is 16.6 Å². The highest BCUT2D eigenvalue weighted by molar-refractivity contribution is 9.10. The van der Waals surface area contributed by atoms with E-state index < -0.39 is 72.2 Å². The molecule has 2 aromatic carbocycles. The lowest BCUT2D eigenvalue weighted by Crippen LogP contribution is -2.36. The normalized spacial score (nSPS) is 15.2. The fourth-order valence-electron chi connectivity index (χ4n) is 9.05. The van der Waals surface area contributed by atoms with Crippen LogP contribution >= 0.6 is 51.3 Å². The molecule has 8 rings (SSSR count). The third-order valence-electron chi connectivity index (χ3n) is 13.9. The van der Waals surface area contributed by atoms with E-state index in [1.54, 1.807) is 37.3 Å². The number of carbonyl (C=O) groups excluding carboxylic acids is 4. The maximum Gasteiger partial charge on any atom is 0.335 e. The van der Waals surface area contributed by atoms with Gasteiger partial charge in [-0.25, -0.2) is 74.9 Å². The van der Waals surface area contributed by atoms with Gasteiger partial charge in [-0.15, -0.1) is 23.2 Å². The number of aliphatic hydroxyl groups is 2. The highest BCUT2D eigenvalue weighted by atomic mass is 79.9. The van der Waals surface area contributed by atoms with Crippen LogP contribution in [0.4, 0.5) is 20.7 Å². The highest BCUT2D eigenvalue weighted by Gasteiger charge is 2.31. The summed E-state index contributed by atoms with van der Waals surface area (Å²) in [6.07, 6.45) is -0.988. The Kier molecular flexibility index (Phi) is 51.9. The number of aliphatic hydroxyl groups excluding tert-OH is 2. The van der Waals surface area contributed by atoms with E-state index in [1.807, 2.05) is 6.92 Å². The second kappa shape index (κ2) is 54.8. The van der Waals surface area contributed by atoms with Gasteiger partial charge in [-0.1, -0.05) is 61.2 Å². The number of carboxylic acid groups (broad SMARTS) is 1. The summed E-state index contributed by atoms with van der Waals surface area (Å²) in [5.41, 5.74) is 26.0. The molecule has 0 saturated carbocycles. The molecule has 3 aromatic heterocycles. The van der Waals surface area contributed by atoms with E-state index >= 15 is 0 Å². The number of aromatic nitrogens is 5. The lowest BCUT2D eigenvalue weighted by molar-refractivity contribution is -0.154. The number of methoxy groups -OCH3 is 8. The number of hydroxylamine groups is 1. The van der Waals surface area contributed by atoms with E-state index in [4.69, 9.17) is 108 Å². The minimum Gasteiger partial charge on any atom is -0.481 e. The minimum atomic E-state index is -1.08. The maximum absolute atomic E-state index is 14.3. The number of nitrogens with one attached hydrogen (secondary N) is 2. The van der Waals surface area contributed by atoms with E-state index in [1.165, 1.54) is 88.2 Å². The van der Waals surface area contributed by atoms with Crippen LogP contribution in [0.25, 0.3) is 11.3 Å². The number of carbonyl (C=O) groups is 5. The molecule has 3 aliphatic heterocycles. The molecule has 15 N–H and O–H groups in total. The Morgan fingerprint density at radius 1 is 0.712 bits per heavy atom. The summed E-state index contributed by atoms with van der Waals surface area (Å²) in [7, 11) is 12.5. The number of aryl methyl sites for hydroxylation is 2. The third-order valence-corrected chi connectivity index (χ3v) is 14.9. The topological polar surface area (TPSA) is 488 Å². The maximum atomic E-state index is 14.3. The van der Waals surface area contributed by atoms with Crippen molar-refractivity contribution < 1.29 is 105 Å². The molecule has 0 unspecified atom stereocenters. The second-order valence-electron chi connectivity index (χ2n) is 20.3. The van der Waals surface area contributed by atoms with Gasteiger partial charge in [-0.05, 0) is 62.4 Å². The lowest BCUT2D eigenvalue weighted by atomic mass is 9.91. The molecule has 0 spiro atoms. The first-order valence-electron chi connectivity index (χ1n) is 30.4. The van der Waals surface area contributed by atoms with Crippen molar-refractivity contribution in [2.24, 2.45) is 22.5 Å². The molecular weight excluding hydrogens is 1500 g/mol. The van der Waals surface area contributed by atoms with Crippen molar-refractivity contribution in [1.82, 2.24) is 35.7 Å². The summed E-state index contributed by atoms with van der Waals surface area (Å²) < 4.78 is 70.4. The minimum absolute atomic E-state index is 0. The Bertz CT molecular complexity index is 3420. The number of rotatable bonds is 24. The van der Waals surface area contributed by atoms with Crippen molar-refractivity contribution in [3.8, 4) is 17.1 Å². The van der Waals surface area contributed by atoms with E-state index in [0.29, 0.717) is 93.7 Å². The summed E-state index contributed by atoms with van der Waals surface area (Å²) in [6.45, 7) is 4.52. The largest absolute Gasteiger partial charge is 0.481 e. The van der Waals surface area contributed by atoms with Gasteiger partial charge in [-0.3, -0.25) is 9.83 Å². The van der Waals surface area contributed by atoms with E-state index in [0.717, 1.165) is 22.5 Å². The molecule has 5 aromatic rings. The van der Waals surface area contributed by atoms with Crippen molar-refractivity contribution >= 4 is 104 Å². The van der Waals surface area contributed by atoms with E-state index in [9.17, 15) is 32.8 Å². The number of hydrogen-bond donors (Lipinski definition) is 10. The van der Waals surface area contributed by atoms with Crippen LogP contribution in [-0.4, -0.2) is 214 Å². The molecule has 7 atom stereocenters. The molecular formula is C65H98BrCl2F2N13O20S. The molecule has 0 amide bonds. The van der Waals surface area contributed by atoms with Gasteiger partial charge in [0.25, 0.3) is 0 Å². The number of aliphatic imine (C=N–C) groups is 1. The number of benzene rings is 2. The Balaban J connectivity index is 0. The number of amidine groups is 1. The van der Waals surface area contributed by atoms with Crippen LogP contribution in [0, 0.1) is 25.5 Å². The molecule has 1 fully saturated rings. The monoisotopic (exact) mass is 1600 g/mol. The van der Waals surface area contributed by atoms with E-state index in [-0.39, 0.29) is 83.2 Å². The van der Waals surface area contributed by atoms with Crippen LogP contribution < -0.4 is 44.5 Å². The Hall–Kier alpha value is -7.70. The van der Waals surface area contributed by atoms with Crippen LogP contribution in [-0.2, 0) is 89.2 Å². The van der Waals surface area contributed by atoms with Gasteiger partial charge in [-0.2, -0.15) is 0 Å². The van der Waals surface area contributed by atoms with Crippen molar-refractivity contribution in [3.05, 3.63) is 116 Å². The number of nitrogens with two attached hydrogens (primary N) is 5. The van der Waals surface area contributed by atoms with Crippen LogP contribution in [0.5, 0.6) is 5.88 Å². The first-order valence-corrected chi connectivity index (χ1v) is 32.7. The molecule has 0 bridgehead atoms. The number of pyridine rings is 1. The zero-order valence-corrected chi connectivity index (χ0v) is 62.0. The SMILES string of the molecule is C.C.CN.COC(=O)[C@H](CCO)OC.COC(=O)[C@H](CCON)OC.COC(=O)[C@H](CCON)OC.COc1cccc(-c2cc(F)ccc2[C@H]2Cc3nc(N)nc(C)c3C(NOCC[C@H](OC)C(=O)O)=N2)n1.Cc1nc(N)nc2c1C(=S)N[C@@H](c1ccc(F)cc1Br)C2.ClCCl.O=C1OCC[C@@H]1O. The smallest absolute Gasteiger partial charge is 0.335 e. The summed E-state index contributed by atoms with van der Waals surface area (Å²) in [4.78, 5) is 94.7. The van der Waals surface area contributed by atoms with Crippen molar-refractivity contribution in [2.45, 2.75) is 116 Å². The molecule has 584 valence electrons. The number of esters is 4. The number of hydrogen-bond acceptors (Lipinski definition) is 32. The predicted molar refractivity (Wildman–Crippen MR) is 390 cm³/mol. The van der Waals surface area contributed by atoms with Crippen LogP contribution in [0.3, 0.4) is 0 Å². The Morgan fingerprint density at radius 3 is 1.62 bits per heavy atom. The van der Waals surface area contributed by atoms with Crippen LogP contribution in [0.1, 0.15) is 104 Å². The number of ether oxygens (including phenoxy) is 9. The highest BCUT2D eigenvalue weighted by Crippen LogP contribution is 2.37. The second-order valence-corrected chi connectivity index (χ2v) is 22.4. The van der Waals surface area contributed by atoms with Gasteiger partial charge in [0.2, 0.25) is 17.8 Å². The fourth-order valence-corrected chi connectivity index (χ4v) is 10.1. The van der Waals surface area contributed by atoms with Crippen LogP contribution in [0.15, 0.2) is 64.1 Å². The molecule has 104 heavy (non-hydrogen) atoms. The van der Waals surface area contributed by atoms with Crippen LogP contribution in [0.2, 0.25) is 0 Å². The van der Waals surface area contributed by atoms with Gasteiger partial charge < -0.3 is 90.1 Å². The standard InChI is InChI=1S/C25H27FN6O5.C14H12BrFN4S.2C6H13NO4.C6H12O4.C4H6O3.CH2Cl2.CH5N.2CH4/c1-13-22-19(31-25(27)28-13)12-18(30-23(22)32-37-10-9-20(35-2)24(33)34)15-8-7-14(26)11-16(15)17-5-4-6-21(29-17)36-3;1-6-12-11(20-14(17)18-6)5-10(19-13(12)21)8-3-2-7(16)4-9(8)15;2*1-9-5(3-4-11-7)6(8)10-2;1-9-5(3-4-7)6(8)10-2;5-3-1-2-7-4(3)6;2-1-3;1-2;;/h4-8,11,18,20H,9-10,12H2,1-3H3,(H,30,32)(H,33,34)(H2,27,28,31);2-4,10H,5H2,1H3,(H,19,21)(H2,17,18,20);2*5H,3-4,7H2,1-2H3;5,7H,3-4H2,1-2H3;3,5H,1-2H2;1H2;2H2,1H3;2*1H4/t18-,20+;10-;3*5-;3-;;;;/m110000..../s1. The number of nitrogens with zero attached hydrogens (tertiary/aromatic N) is 6. The van der Waals surface area contributed by atoms with Crippen molar-refractivity contribution in [2.75, 3.05) is 114 Å². The number of aliphatic carboxylic acids is 1. The number of nitrogen functional groups attached to an aromatic ring is 2. The Morgan fingerprint density at radius 2 is 1.19 bits per heavy atom. The number of cyclic esters (lactones) is 1. The number of anilines is 2. The number of halogens is 5. The zero-order valence-electron chi connectivity index (χ0n) is 58.1. The fraction of sp³-hybridized carbons (Fsp3) is 0.508. The molecule has 33 nitrogen and oxygen atoms in total. The van der Waals surface area contributed by atoms with Crippen molar-refractivity contribution in [3.63, 3.8) is 0 Å². The molecule has 6 heterocycles. The lowest BCUT2D eigenvalue weighted by Gasteiger charge is -2.28. The average molecular weight is 1600 g/mol. The number of carboxylic acids is 1. The quantitative estimate of drug-likeness (QED) is 0.00911. The van der Waals surface area contributed by atoms with Crippen molar-refractivity contribution in [1.29, 1.82) is 0 Å². The van der Waals surface area contributed by atoms with Gasteiger partial charge in [0.05, 0.1) is 112 Å². The van der Waals surface area contributed by atoms with E-state index in [2.05, 4.69) is 86.0 Å². The average Bonchev–Trinajstić information content (AvgIpc) is 0.854. The van der Waals surface area contributed by atoms with Gasteiger partial charge in [0, 0.05) is 96.1 Å². The predicted octanol–water partition coefficient (Wildman–Crippen LogP) is 5.49. The summed E-state index contributed by atoms with van der Waals surface area (Å²) in [5.74, 6) is 7.10. The molecule has 39 heteroatoms. The zero-order chi connectivity index (χ0) is 77.0. The third kappa shape index (κ3) is 33.6. The molecule has 3 aliphatic rings. The molecule has 0 radical (unpaired) electrons. The first-order chi connectivity index (χ1) is 48.7. The van der Waals surface area contributed by atoms with Gasteiger partial charge >= 0.3 is 29.8 Å². The Labute approximate surface area is 627 Å². The number of thiocarbonyl (C=S) groups is 1. The summed E-state index contributed by atoms with van der Waals surface area (Å²) in [5, 5.41) is 29.6. The summed E-state index contributed by atoms with van der Waals surface area (Å²) >= 11 is 18.3. The molecule has 0 aliphatic carbocycles. The molecule has 1 saturated heterocycles. The number of fused-ring (bicyclic) bond motifs is 2. The van der Waals surface area contributed by atoms with Gasteiger partial charge in [0.15, 0.2) is 36.4 Å².